The van der Waals surface area contributed by atoms with Crippen LogP contribution in [-0.2, 0) is 0 Å². The van der Waals surface area contributed by atoms with Crippen LogP contribution in [0.15, 0.2) is 36.7 Å². The molecule has 1 aromatic heterocycles. The van der Waals surface area contributed by atoms with E-state index in [0.717, 1.165) is 0 Å². The molecule has 0 aliphatic heterocycles. The summed E-state index contributed by atoms with van der Waals surface area (Å²) in [5, 5.41) is 18.7. The summed E-state index contributed by atoms with van der Waals surface area (Å²) in [4.78, 5) is 3.80. The predicted molar refractivity (Wildman–Crippen MR) is 61.9 cm³/mol. The van der Waals surface area contributed by atoms with Gasteiger partial charge in [0.2, 0.25) is 0 Å². The minimum Gasteiger partial charge on any atom is -0.506 e. The quantitative estimate of drug-likeness (QED) is 0.838. The van der Waals surface area contributed by atoms with Gasteiger partial charge in [-0.15, -0.1) is 0 Å². The van der Waals surface area contributed by atoms with E-state index in [2.05, 4.69) is 4.98 Å². The number of pyridine rings is 1. The molecule has 2 N–H and O–H groups in total. The second-order valence-electron chi connectivity index (χ2n) is 3.82. The third kappa shape index (κ3) is 2.26. The number of aromatic hydroxyl groups is 1. The van der Waals surface area contributed by atoms with Gasteiger partial charge in [0.25, 0.3) is 0 Å². The van der Waals surface area contributed by atoms with E-state index in [9.17, 15) is 14.6 Å². The summed E-state index contributed by atoms with van der Waals surface area (Å²) < 4.78 is 14.1. The molecule has 2 rings (SSSR count). The molecule has 1 aromatic carbocycles. The van der Waals surface area contributed by atoms with E-state index in [-0.39, 0.29) is 11.3 Å². The molecule has 3 nitrogen and oxygen atoms in total. The van der Waals surface area contributed by atoms with Gasteiger partial charge in [-0.05, 0) is 13.0 Å². The van der Waals surface area contributed by atoms with Crippen molar-refractivity contribution in [3.8, 4) is 16.9 Å². The van der Waals surface area contributed by atoms with Gasteiger partial charge in [0.1, 0.15) is 11.6 Å². The van der Waals surface area contributed by atoms with E-state index in [1.807, 2.05) is 0 Å². The molecule has 0 radical (unpaired) electrons. The number of aromatic nitrogens is 1. The highest BCUT2D eigenvalue weighted by Gasteiger charge is 2.13. The number of aliphatic hydroxyl groups is 1. The second-order valence-corrected chi connectivity index (χ2v) is 3.82. The fourth-order valence-corrected chi connectivity index (χ4v) is 1.67. The lowest BCUT2D eigenvalue weighted by molar-refractivity contribution is 0.194. The fourth-order valence-electron chi connectivity index (χ4n) is 1.67. The minimum atomic E-state index is -0.875. The van der Waals surface area contributed by atoms with E-state index in [1.54, 1.807) is 12.1 Å². The average Bonchev–Trinajstić information content (AvgIpc) is 2.29. The summed E-state index contributed by atoms with van der Waals surface area (Å²) in [6.45, 7) is 1.50. The Kier molecular flexibility index (Phi) is 3.06. The second kappa shape index (κ2) is 4.51. The van der Waals surface area contributed by atoms with E-state index in [0.29, 0.717) is 11.1 Å². The lowest BCUT2D eigenvalue weighted by Gasteiger charge is -2.10. The van der Waals surface area contributed by atoms with Crippen molar-refractivity contribution in [2.24, 2.45) is 0 Å². The summed E-state index contributed by atoms with van der Waals surface area (Å²) >= 11 is 0. The number of aliphatic hydroxyl groups excluding tert-OH is 1. The molecule has 0 spiro atoms. The van der Waals surface area contributed by atoms with Gasteiger partial charge in [0.15, 0.2) is 0 Å². The molecule has 0 saturated carbocycles. The van der Waals surface area contributed by atoms with Crippen LogP contribution in [0.4, 0.5) is 4.39 Å². The number of rotatable bonds is 2. The van der Waals surface area contributed by atoms with Crippen LogP contribution in [-0.4, -0.2) is 15.2 Å². The number of hydrogen-bond acceptors (Lipinski definition) is 3. The van der Waals surface area contributed by atoms with Crippen molar-refractivity contribution < 1.29 is 14.6 Å². The van der Waals surface area contributed by atoms with Gasteiger partial charge in [0.05, 0.1) is 12.3 Å². The van der Waals surface area contributed by atoms with Gasteiger partial charge in [-0.1, -0.05) is 18.2 Å². The van der Waals surface area contributed by atoms with Crippen molar-refractivity contribution in [3.05, 3.63) is 48.0 Å². The molecule has 1 unspecified atom stereocenters. The molecule has 17 heavy (non-hydrogen) atoms. The molecule has 4 heteroatoms. The van der Waals surface area contributed by atoms with Crippen molar-refractivity contribution in [2.45, 2.75) is 13.0 Å². The van der Waals surface area contributed by atoms with Crippen LogP contribution in [0, 0.1) is 5.82 Å². The van der Waals surface area contributed by atoms with E-state index in [4.69, 9.17) is 0 Å². The van der Waals surface area contributed by atoms with Gasteiger partial charge in [-0.25, -0.2) is 4.39 Å². The zero-order valence-corrected chi connectivity index (χ0v) is 9.26. The predicted octanol–water partition coefficient (Wildman–Crippen LogP) is 2.65. The Morgan fingerprint density at radius 1 is 1.29 bits per heavy atom. The fraction of sp³-hybridized carbons (Fsp3) is 0.154. The molecule has 0 aliphatic carbocycles. The van der Waals surface area contributed by atoms with E-state index >= 15 is 0 Å². The maximum atomic E-state index is 14.1. The molecule has 0 fully saturated rings. The van der Waals surface area contributed by atoms with Crippen LogP contribution in [0.3, 0.4) is 0 Å². The molecule has 0 aliphatic rings. The first kappa shape index (κ1) is 11.5. The lowest BCUT2D eigenvalue weighted by atomic mass is 10.0. The number of hydrogen-bond donors (Lipinski definition) is 2. The highest BCUT2D eigenvalue weighted by Crippen LogP contribution is 2.28. The first-order chi connectivity index (χ1) is 8.09. The molecule has 0 bridgehead atoms. The molecular formula is C13H12FNO2. The van der Waals surface area contributed by atoms with Crippen molar-refractivity contribution in [2.75, 3.05) is 0 Å². The first-order valence-corrected chi connectivity index (χ1v) is 5.20. The summed E-state index contributed by atoms with van der Waals surface area (Å²) in [7, 11) is 0. The topological polar surface area (TPSA) is 53.4 Å². The third-order valence-electron chi connectivity index (χ3n) is 2.51. The van der Waals surface area contributed by atoms with Gasteiger partial charge < -0.3 is 10.2 Å². The van der Waals surface area contributed by atoms with Crippen LogP contribution < -0.4 is 0 Å². The Bertz CT molecular complexity index is 541. The summed E-state index contributed by atoms with van der Waals surface area (Å²) in [5.74, 6) is -0.515. The van der Waals surface area contributed by atoms with Gasteiger partial charge in [-0.2, -0.15) is 0 Å². The maximum absolute atomic E-state index is 14.1. The molecule has 0 amide bonds. The maximum Gasteiger partial charge on any atom is 0.136 e. The molecule has 0 saturated heterocycles. The molecule has 1 heterocycles. The molecule has 88 valence electrons. The van der Waals surface area contributed by atoms with Crippen molar-refractivity contribution >= 4 is 0 Å². The third-order valence-corrected chi connectivity index (χ3v) is 2.51. The Balaban J connectivity index is 2.57. The van der Waals surface area contributed by atoms with Gasteiger partial charge in [0, 0.05) is 22.9 Å². The Morgan fingerprint density at radius 3 is 2.71 bits per heavy atom. The number of halogens is 1. The minimum absolute atomic E-state index is 0.0237. The normalized spacial score (nSPS) is 12.4. The first-order valence-electron chi connectivity index (χ1n) is 5.20. The molecule has 2 aromatic rings. The zero-order chi connectivity index (χ0) is 12.4. The Labute approximate surface area is 98.2 Å². The highest BCUT2D eigenvalue weighted by molar-refractivity contribution is 5.65. The van der Waals surface area contributed by atoms with Gasteiger partial charge >= 0.3 is 0 Å². The summed E-state index contributed by atoms with van der Waals surface area (Å²) in [6, 6.07) is 6.19. The number of benzene rings is 1. The Morgan fingerprint density at radius 2 is 2.06 bits per heavy atom. The zero-order valence-electron chi connectivity index (χ0n) is 9.26. The standard InChI is InChI=1S/C13H12FNO2/c1-8(16)11-3-2-4-12(13(11)14)9-5-10(17)7-15-6-9/h2-8,16-17H,1H3. The molecular weight excluding hydrogens is 221 g/mol. The average molecular weight is 233 g/mol. The number of nitrogens with zero attached hydrogens (tertiary/aromatic N) is 1. The monoisotopic (exact) mass is 233 g/mol. The smallest absolute Gasteiger partial charge is 0.136 e. The van der Waals surface area contributed by atoms with Crippen LogP contribution in [0.5, 0.6) is 5.75 Å². The van der Waals surface area contributed by atoms with E-state index in [1.165, 1.54) is 31.5 Å². The highest BCUT2D eigenvalue weighted by atomic mass is 19.1. The van der Waals surface area contributed by atoms with Crippen molar-refractivity contribution in [3.63, 3.8) is 0 Å². The Hall–Kier alpha value is -1.94. The van der Waals surface area contributed by atoms with Crippen LogP contribution in [0.2, 0.25) is 0 Å². The van der Waals surface area contributed by atoms with Crippen molar-refractivity contribution in [1.29, 1.82) is 0 Å². The van der Waals surface area contributed by atoms with Gasteiger partial charge in [-0.3, -0.25) is 4.98 Å². The summed E-state index contributed by atoms with van der Waals surface area (Å²) in [6.07, 6.45) is 1.87. The van der Waals surface area contributed by atoms with Crippen molar-refractivity contribution in [1.82, 2.24) is 4.98 Å². The van der Waals surface area contributed by atoms with Crippen LogP contribution in [0.25, 0.3) is 11.1 Å². The van der Waals surface area contributed by atoms with E-state index < -0.39 is 11.9 Å². The van der Waals surface area contributed by atoms with Crippen LogP contribution in [0.1, 0.15) is 18.6 Å². The SMILES string of the molecule is CC(O)c1cccc(-c2cncc(O)c2)c1F. The lowest BCUT2D eigenvalue weighted by Crippen LogP contribution is -1.97. The largest absolute Gasteiger partial charge is 0.506 e. The van der Waals surface area contributed by atoms with Crippen LogP contribution >= 0.6 is 0 Å². The molecule has 1 atom stereocenters. The summed E-state index contributed by atoms with van der Waals surface area (Å²) in [5.41, 5.74) is 1.02.